The number of rotatable bonds is 3. The van der Waals surface area contributed by atoms with Crippen LogP contribution in [0.2, 0.25) is 0 Å². The molecule has 2 N–H and O–H groups in total. The van der Waals surface area contributed by atoms with Crippen LogP contribution < -0.4 is 5.73 Å². The topological polar surface area (TPSA) is 58.7 Å². The molecule has 0 radical (unpaired) electrons. The van der Waals surface area contributed by atoms with E-state index in [1.54, 1.807) is 18.7 Å². The summed E-state index contributed by atoms with van der Waals surface area (Å²) in [6, 6.07) is 6.81. The third-order valence-electron chi connectivity index (χ3n) is 3.09. The molecule has 0 bridgehead atoms. The second-order valence-electron chi connectivity index (χ2n) is 4.24. The molecule has 1 heterocycles. The van der Waals surface area contributed by atoms with Gasteiger partial charge in [0.2, 0.25) is 0 Å². The van der Waals surface area contributed by atoms with E-state index in [1.807, 2.05) is 30.5 Å². The maximum Gasteiger partial charge on any atom is 0.347 e. The Bertz CT molecular complexity index is 559. The Labute approximate surface area is 117 Å². The molecule has 0 saturated heterocycles. The third kappa shape index (κ3) is 2.45. The van der Waals surface area contributed by atoms with Gasteiger partial charge in [0.05, 0.1) is 6.04 Å². The number of hydrogen-bond donors (Lipinski definition) is 1. The fraction of sp³-hybridized carbons (Fsp3) is 0.286. The molecule has 2 atom stereocenters. The lowest BCUT2D eigenvalue weighted by Crippen LogP contribution is -2.38. The van der Waals surface area contributed by atoms with Crippen molar-refractivity contribution in [1.29, 1.82) is 0 Å². The standard InChI is InChI=1S/C14H15N3OS/c1-4-9(2)17-12(13(15)16-14(17)18)10-5-7-11(19-3)8-6-10/h1,5-9,12H,2-3H3,(H2,15,16,18). The van der Waals surface area contributed by atoms with Gasteiger partial charge in [-0.1, -0.05) is 18.1 Å². The molecule has 98 valence electrons. The van der Waals surface area contributed by atoms with Crippen molar-refractivity contribution in [1.82, 2.24) is 4.90 Å². The Kier molecular flexibility index (Phi) is 3.82. The average Bonchev–Trinajstić information content (AvgIpc) is 2.72. The van der Waals surface area contributed by atoms with Crippen LogP contribution in [-0.4, -0.2) is 29.1 Å². The number of terminal acetylenes is 1. The Morgan fingerprint density at radius 3 is 2.63 bits per heavy atom. The van der Waals surface area contributed by atoms with Gasteiger partial charge in [-0.3, -0.25) is 4.90 Å². The zero-order valence-corrected chi connectivity index (χ0v) is 11.6. The molecule has 4 nitrogen and oxygen atoms in total. The van der Waals surface area contributed by atoms with Crippen molar-refractivity contribution in [2.75, 3.05) is 6.26 Å². The minimum absolute atomic E-state index is 0.295. The molecule has 0 fully saturated rings. The lowest BCUT2D eigenvalue weighted by atomic mass is 10.0. The summed E-state index contributed by atoms with van der Waals surface area (Å²) < 4.78 is 0. The first-order valence-corrected chi connectivity index (χ1v) is 7.07. The molecule has 0 spiro atoms. The molecular formula is C14H15N3OS. The third-order valence-corrected chi connectivity index (χ3v) is 3.84. The second kappa shape index (κ2) is 5.37. The summed E-state index contributed by atoms with van der Waals surface area (Å²) in [6.45, 7) is 1.79. The first-order chi connectivity index (χ1) is 9.08. The summed E-state index contributed by atoms with van der Waals surface area (Å²) in [6.07, 6.45) is 7.42. The Morgan fingerprint density at radius 2 is 2.11 bits per heavy atom. The molecule has 1 aromatic rings. The van der Waals surface area contributed by atoms with Crippen LogP contribution in [0.25, 0.3) is 0 Å². The first kappa shape index (κ1) is 13.5. The predicted octanol–water partition coefficient (Wildman–Crippen LogP) is 2.26. The van der Waals surface area contributed by atoms with Crippen LogP contribution >= 0.6 is 11.8 Å². The molecule has 2 unspecified atom stereocenters. The van der Waals surface area contributed by atoms with Crippen LogP contribution in [0, 0.1) is 12.3 Å². The smallest absolute Gasteiger partial charge is 0.347 e. The number of benzene rings is 1. The van der Waals surface area contributed by atoms with Gasteiger partial charge < -0.3 is 5.73 Å². The highest BCUT2D eigenvalue weighted by Gasteiger charge is 2.37. The Morgan fingerprint density at radius 1 is 1.47 bits per heavy atom. The highest BCUT2D eigenvalue weighted by molar-refractivity contribution is 7.98. The molecule has 1 aliphatic rings. The SMILES string of the molecule is C#CC(C)N1C(=O)N=C(N)C1c1ccc(SC)cc1. The van der Waals surface area contributed by atoms with E-state index in [0.717, 1.165) is 10.5 Å². The van der Waals surface area contributed by atoms with Gasteiger partial charge in [0.15, 0.2) is 0 Å². The molecular weight excluding hydrogens is 258 g/mol. The number of nitrogens with two attached hydrogens (primary N) is 1. The zero-order valence-electron chi connectivity index (χ0n) is 10.8. The zero-order chi connectivity index (χ0) is 14.0. The lowest BCUT2D eigenvalue weighted by molar-refractivity contribution is 0.199. The van der Waals surface area contributed by atoms with Crippen molar-refractivity contribution in [2.45, 2.75) is 23.9 Å². The van der Waals surface area contributed by atoms with Gasteiger partial charge in [0.25, 0.3) is 0 Å². The van der Waals surface area contributed by atoms with Crippen molar-refractivity contribution in [2.24, 2.45) is 10.7 Å². The molecule has 0 aromatic heterocycles. The van der Waals surface area contributed by atoms with E-state index in [2.05, 4.69) is 10.9 Å². The van der Waals surface area contributed by atoms with Gasteiger partial charge in [-0.25, -0.2) is 4.79 Å². The highest BCUT2D eigenvalue weighted by Crippen LogP contribution is 2.29. The van der Waals surface area contributed by atoms with E-state index in [1.165, 1.54) is 4.90 Å². The van der Waals surface area contributed by atoms with E-state index in [9.17, 15) is 4.79 Å². The van der Waals surface area contributed by atoms with E-state index >= 15 is 0 Å². The molecule has 1 aliphatic heterocycles. The van der Waals surface area contributed by atoms with Crippen molar-refractivity contribution in [3.63, 3.8) is 0 Å². The Hall–Kier alpha value is -1.93. The lowest BCUT2D eigenvalue weighted by Gasteiger charge is -2.27. The van der Waals surface area contributed by atoms with Crippen LogP contribution in [0.5, 0.6) is 0 Å². The van der Waals surface area contributed by atoms with Gasteiger partial charge in [-0.2, -0.15) is 4.99 Å². The van der Waals surface area contributed by atoms with Crippen molar-refractivity contribution in [3.8, 4) is 12.3 Å². The van der Waals surface area contributed by atoms with Crippen LogP contribution in [-0.2, 0) is 0 Å². The normalized spacial score (nSPS) is 20.1. The van der Waals surface area contributed by atoms with Crippen LogP contribution in [0.4, 0.5) is 4.79 Å². The number of thioether (sulfide) groups is 1. The van der Waals surface area contributed by atoms with E-state index in [-0.39, 0.29) is 18.1 Å². The second-order valence-corrected chi connectivity index (χ2v) is 5.12. The summed E-state index contributed by atoms with van der Waals surface area (Å²) in [4.78, 5) is 18.4. The maximum absolute atomic E-state index is 11.9. The quantitative estimate of drug-likeness (QED) is 0.679. The molecule has 5 heteroatoms. The molecule has 2 amide bonds. The summed E-state index contributed by atoms with van der Waals surface area (Å²) in [5, 5.41) is 0. The van der Waals surface area contributed by atoms with E-state index < -0.39 is 0 Å². The fourth-order valence-electron chi connectivity index (χ4n) is 2.07. The van der Waals surface area contributed by atoms with Gasteiger partial charge in [-0.05, 0) is 30.9 Å². The minimum atomic E-state index is -0.373. The van der Waals surface area contributed by atoms with Crippen LogP contribution in [0.1, 0.15) is 18.5 Å². The maximum atomic E-state index is 11.9. The number of carbonyl (C=O) groups is 1. The molecule has 19 heavy (non-hydrogen) atoms. The van der Waals surface area contributed by atoms with Gasteiger partial charge in [0, 0.05) is 4.90 Å². The number of urea groups is 1. The Balaban J connectivity index is 2.37. The first-order valence-electron chi connectivity index (χ1n) is 5.85. The van der Waals surface area contributed by atoms with Gasteiger partial charge in [-0.15, -0.1) is 18.2 Å². The summed E-state index contributed by atoms with van der Waals surface area (Å²) in [5.41, 5.74) is 6.79. The fourth-order valence-corrected chi connectivity index (χ4v) is 2.48. The summed E-state index contributed by atoms with van der Waals surface area (Å²) in [7, 11) is 0. The van der Waals surface area contributed by atoms with Crippen molar-refractivity contribution < 1.29 is 4.79 Å². The summed E-state index contributed by atoms with van der Waals surface area (Å²) >= 11 is 1.66. The number of aliphatic imine (C=N–C) groups is 1. The molecule has 1 aromatic carbocycles. The molecule has 0 saturated carbocycles. The largest absolute Gasteiger partial charge is 0.385 e. The van der Waals surface area contributed by atoms with Gasteiger partial charge >= 0.3 is 6.03 Å². The highest BCUT2D eigenvalue weighted by atomic mass is 32.2. The van der Waals surface area contributed by atoms with Gasteiger partial charge in [0.1, 0.15) is 11.9 Å². The van der Waals surface area contributed by atoms with Crippen molar-refractivity contribution >= 4 is 23.6 Å². The number of amidine groups is 1. The molecule has 2 rings (SSSR count). The molecule has 0 aliphatic carbocycles. The summed E-state index contributed by atoms with van der Waals surface area (Å²) in [5.74, 6) is 2.85. The predicted molar refractivity (Wildman–Crippen MR) is 78.1 cm³/mol. The average molecular weight is 273 g/mol. The number of amides is 2. The minimum Gasteiger partial charge on any atom is -0.385 e. The van der Waals surface area contributed by atoms with Crippen LogP contribution in [0.15, 0.2) is 34.2 Å². The van der Waals surface area contributed by atoms with E-state index in [4.69, 9.17) is 12.2 Å². The monoisotopic (exact) mass is 273 g/mol. The number of carbonyl (C=O) groups excluding carboxylic acids is 1. The van der Waals surface area contributed by atoms with Crippen LogP contribution in [0.3, 0.4) is 0 Å². The number of hydrogen-bond acceptors (Lipinski definition) is 3. The van der Waals surface area contributed by atoms with E-state index in [0.29, 0.717) is 5.84 Å². The number of nitrogens with zero attached hydrogens (tertiary/aromatic N) is 2. The van der Waals surface area contributed by atoms with Crippen molar-refractivity contribution in [3.05, 3.63) is 29.8 Å².